The number of nitrogens with zero attached hydrogens (tertiary/aromatic N) is 6. The number of piperidine rings is 2. The van der Waals surface area contributed by atoms with Gasteiger partial charge in [0.25, 0.3) is 11.1 Å². The molecule has 10 rings (SSSR count). The normalized spacial score (nSPS) is 16.3. The largest absolute Gasteiger partial charge is 0.486 e. The molecule has 0 aliphatic carbocycles. The second kappa shape index (κ2) is 27.5. The molecule has 6 heterocycles. The van der Waals surface area contributed by atoms with Gasteiger partial charge in [-0.05, 0) is 170 Å². The minimum absolute atomic E-state index is 0.0184. The van der Waals surface area contributed by atoms with Gasteiger partial charge in [0.05, 0.1) is 17.1 Å². The van der Waals surface area contributed by atoms with Gasteiger partial charge in [0, 0.05) is 112 Å². The van der Waals surface area contributed by atoms with Crippen molar-refractivity contribution in [3.63, 3.8) is 0 Å². The van der Waals surface area contributed by atoms with Crippen LogP contribution in [0, 0.1) is 13.8 Å². The molecule has 0 saturated carbocycles. The van der Waals surface area contributed by atoms with Gasteiger partial charge in [-0.15, -0.1) is 0 Å². The van der Waals surface area contributed by atoms with Gasteiger partial charge >= 0.3 is 12.2 Å². The summed E-state index contributed by atoms with van der Waals surface area (Å²) in [7, 11) is 0. The topological polar surface area (TPSA) is 184 Å². The first kappa shape index (κ1) is 63.1. The first-order valence-electron chi connectivity index (χ1n) is 30.7. The van der Waals surface area contributed by atoms with E-state index in [4.69, 9.17) is 28.4 Å². The summed E-state index contributed by atoms with van der Waals surface area (Å²) in [5, 5.41) is 12.4. The number of rotatable bonds is 16. The number of aromatic nitrogens is 2. The Morgan fingerprint density at radius 3 is 1.41 bits per heavy atom. The zero-order valence-corrected chi connectivity index (χ0v) is 52.1. The van der Waals surface area contributed by atoms with Crippen molar-refractivity contribution in [3.8, 4) is 23.0 Å². The monoisotopic (exact) mass is 1180 g/mol. The van der Waals surface area contributed by atoms with Crippen LogP contribution < -0.4 is 30.1 Å². The molecule has 2 saturated heterocycles. The quantitative estimate of drug-likeness (QED) is 0.0903. The first-order valence-corrected chi connectivity index (χ1v) is 30.7. The van der Waals surface area contributed by atoms with Crippen LogP contribution in [0.1, 0.15) is 138 Å². The predicted octanol–water partition coefficient (Wildman–Crippen LogP) is 11.0. The predicted molar refractivity (Wildman–Crippen MR) is 333 cm³/mol. The summed E-state index contributed by atoms with van der Waals surface area (Å²) >= 11 is 0. The summed E-state index contributed by atoms with van der Waals surface area (Å²) in [6.45, 7) is 27.7. The highest BCUT2D eigenvalue weighted by atomic mass is 16.6. The third-order valence-electron chi connectivity index (χ3n) is 16.4. The Balaban J connectivity index is 0.000000205. The molecule has 462 valence electrons. The summed E-state index contributed by atoms with van der Waals surface area (Å²) in [5.74, 6) is 2.93. The number of fused-ring (bicyclic) bond motifs is 4. The lowest BCUT2D eigenvalue weighted by molar-refractivity contribution is 0.00468. The van der Waals surface area contributed by atoms with E-state index in [-0.39, 0.29) is 41.2 Å². The molecule has 0 spiro atoms. The zero-order valence-electron chi connectivity index (χ0n) is 52.1. The number of hydrogen-bond donors (Lipinski definition) is 1. The maximum absolute atomic E-state index is 13.4. The fourth-order valence-corrected chi connectivity index (χ4v) is 12.0. The maximum Gasteiger partial charge on any atom is 0.410 e. The molecule has 1 N–H and O–H groups in total. The minimum Gasteiger partial charge on any atom is -0.486 e. The molecule has 4 aliphatic heterocycles. The number of aliphatic hydroxyl groups excluding tert-OH is 1. The fraction of sp³-hybridized carbons (Fsp3) is 0.515. The van der Waals surface area contributed by atoms with Crippen LogP contribution in [0.4, 0.5) is 9.59 Å². The van der Waals surface area contributed by atoms with Gasteiger partial charge in [0.15, 0.2) is 28.8 Å². The molecular weight excluding hydrogens is 1090 g/mol. The third kappa shape index (κ3) is 15.8. The van der Waals surface area contributed by atoms with Crippen molar-refractivity contribution in [2.45, 2.75) is 163 Å². The van der Waals surface area contributed by atoms with Gasteiger partial charge < -0.3 is 62.3 Å². The molecule has 2 fully saturated rings. The fourth-order valence-electron chi connectivity index (χ4n) is 12.0. The van der Waals surface area contributed by atoms with Crippen molar-refractivity contribution in [2.24, 2.45) is 0 Å². The minimum atomic E-state index is -0.603. The molecule has 0 radical (unpaired) electrons. The van der Waals surface area contributed by atoms with Gasteiger partial charge in [-0.25, -0.2) is 9.59 Å². The number of ether oxygens (including phenoxy) is 6. The number of hydrogen-bond acceptors (Lipinski definition) is 14. The smallest absolute Gasteiger partial charge is 0.410 e. The standard InChI is InChI=1S/C34H45N3O6.C34H43N3O6/c2*1-6-29(38)27-19-23(2)20-28-26(27)8-10-32(39)36(28)16-15-35-13-11-25(12-14-35)37(33(40)43-34(3,4)5)22-24-7-9-30-31(21-24)42-18-17-41-30/h7-10,19-21,25,29,38H,6,11-18,22H2,1-5H3;7-10,19-21,25H,6,11-18,22H2,1-5H3. The van der Waals surface area contributed by atoms with E-state index >= 15 is 0 Å². The molecule has 86 heavy (non-hydrogen) atoms. The van der Waals surface area contributed by atoms with Crippen molar-refractivity contribution >= 4 is 39.8 Å². The summed E-state index contributed by atoms with van der Waals surface area (Å²) in [4.78, 5) is 73.7. The molecule has 1 atom stereocenters. The van der Waals surface area contributed by atoms with Crippen molar-refractivity contribution in [3.05, 3.63) is 139 Å². The number of amides is 2. The molecule has 18 heteroatoms. The summed E-state index contributed by atoms with van der Waals surface area (Å²) in [6, 6.07) is 26.4. The van der Waals surface area contributed by atoms with E-state index in [1.165, 1.54) is 0 Å². The van der Waals surface area contributed by atoms with E-state index in [1.54, 1.807) is 22.8 Å². The van der Waals surface area contributed by atoms with Crippen molar-refractivity contribution in [1.82, 2.24) is 28.7 Å². The van der Waals surface area contributed by atoms with Crippen LogP contribution in [-0.4, -0.2) is 141 Å². The van der Waals surface area contributed by atoms with Gasteiger partial charge in [0.1, 0.15) is 37.6 Å². The highest BCUT2D eigenvalue weighted by molar-refractivity contribution is 6.07. The Morgan fingerprint density at radius 2 is 0.977 bits per heavy atom. The van der Waals surface area contributed by atoms with Crippen LogP contribution in [0.3, 0.4) is 0 Å². The van der Waals surface area contributed by atoms with Crippen LogP contribution >= 0.6 is 0 Å². The van der Waals surface area contributed by atoms with Crippen LogP contribution in [0.25, 0.3) is 21.8 Å². The second-order valence-corrected chi connectivity index (χ2v) is 25.2. The number of Topliss-reactive ketones (excluding diaryl/α,β-unsaturated/α-hetero) is 1. The number of aryl methyl sites for hydroxylation is 2. The van der Waals surface area contributed by atoms with Gasteiger partial charge in [-0.1, -0.05) is 32.0 Å². The van der Waals surface area contributed by atoms with E-state index in [9.17, 15) is 29.1 Å². The SMILES string of the molecule is CCC(=O)c1cc(C)cc2c1ccc(=O)n2CCN1CCC(N(Cc2ccc3c(c2)OCCO3)C(=O)OC(C)(C)C)CC1.CCC(O)c1cc(C)cc2c1ccc(=O)n2CCN1CCC(N(Cc2ccc3c(c2)OCCO3)C(=O)OC(C)(C)C)CC1. The van der Waals surface area contributed by atoms with E-state index in [0.717, 1.165) is 120 Å². The van der Waals surface area contributed by atoms with Crippen molar-refractivity contribution in [2.75, 3.05) is 65.7 Å². The molecule has 2 aromatic heterocycles. The molecule has 4 aliphatic rings. The Hall–Kier alpha value is -7.41. The van der Waals surface area contributed by atoms with Crippen LogP contribution in [-0.2, 0) is 35.7 Å². The number of aliphatic hydroxyl groups is 1. The van der Waals surface area contributed by atoms with Gasteiger partial charge in [-0.3, -0.25) is 14.4 Å². The second-order valence-electron chi connectivity index (χ2n) is 25.2. The molecule has 0 bridgehead atoms. The highest BCUT2D eigenvalue weighted by Crippen LogP contribution is 2.35. The van der Waals surface area contributed by atoms with Crippen LogP contribution in [0.2, 0.25) is 0 Å². The number of likely N-dealkylation sites (tertiary alicyclic amines) is 2. The van der Waals surface area contributed by atoms with E-state index in [1.807, 2.05) is 150 Å². The Kier molecular flexibility index (Phi) is 20.2. The lowest BCUT2D eigenvalue weighted by Crippen LogP contribution is -2.49. The molecule has 1 unspecified atom stereocenters. The maximum atomic E-state index is 13.4. The number of benzene rings is 4. The average molecular weight is 1180 g/mol. The number of carbonyl (C=O) groups is 3. The first-order chi connectivity index (χ1) is 41.0. The van der Waals surface area contributed by atoms with Crippen LogP contribution in [0.15, 0.2) is 94.5 Å². The average Bonchev–Trinajstić information content (AvgIpc) is 2.14. The Labute approximate surface area is 505 Å². The number of carbonyl (C=O) groups excluding carboxylic acids is 3. The lowest BCUT2D eigenvalue weighted by atomic mass is 9.99. The lowest BCUT2D eigenvalue weighted by Gasteiger charge is -2.39. The van der Waals surface area contributed by atoms with Crippen molar-refractivity contribution < 1.29 is 47.9 Å². The Bertz CT molecular complexity index is 3510. The van der Waals surface area contributed by atoms with Gasteiger partial charge in [0.2, 0.25) is 0 Å². The molecular formula is C68H88N6O12. The third-order valence-corrected chi connectivity index (χ3v) is 16.4. The van der Waals surface area contributed by atoms with E-state index in [2.05, 4.69) is 9.80 Å². The van der Waals surface area contributed by atoms with Gasteiger partial charge in [-0.2, -0.15) is 0 Å². The number of ketones is 1. The van der Waals surface area contributed by atoms with E-state index < -0.39 is 17.3 Å². The molecule has 2 amide bonds. The van der Waals surface area contributed by atoms with Crippen LogP contribution in [0.5, 0.6) is 23.0 Å². The molecule has 18 nitrogen and oxygen atoms in total. The highest BCUT2D eigenvalue weighted by Gasteiger charge is 2.34. The summed E-state index contributed by atoms with van der Waals surface area (Å²) in [6.07, 6.45) is 3.02. The summed E-state index contributed by atoms with van der Waals surface area (Å²) in [5.41, 5.74) is 5.81. The number of pyridine rings is 2. The van der Waals surface area contributed by atoms with E-state index in [0.29, 0.717) is 89.1 Å². The summed E-state index contributed by atoms with van der Waals surface area (Å²) < 4.78 is 38.1. The molecule has 6 aromatic rings. The zero-order chi connectivity index (χ0) is 61.5. The Morgan fingerprint density at radius 1 is 0.558 bits per heavy atom. The van der Waals surface area contributed by atoms with Crippen molar-refractivity contribution in [1.29, 1.82) is 0 Å². The molecule has 4 aromatic carbocycles.